The quantitative estimate of drug-likeness (QED) is 0.478. The molecule has 98 valence electrons. The first kappa shape index (κ1) is 14.2. The lowest BCUT2D eigenvalue weighted by molar-refractivity contribution is 0.155. The second-order valence-electron chi connectivity index (χ2n) is 4.04. The molecule has 0 saturated heterocycles. The highest BCUT2D eigenvalue weighted by molar-refractivity contribution is 6.02. The van der Waals surface area contributed by atoms with Crippen LogP contribution in [0.2, 0.25) is 0 Å². The van der Waals surface area contributed by atoms with E-state index in [1.807, 2.05) is 18.2 Å². The van der Waals surface area contributed by atoms with Gasteiger partial charge in [-0.05, 0) is 6.42 Å². The Hall–Kier alpha value is -1.84. The lowest BCUT2D eigenvalue weighted by Gasteiger charge is -2.02. The van der Waals surface area contributed by atoms with Crippen LogP contribution in [0.5, 0.6) is 0 Å². The molecule has 4 nitrogen and oxygen atoms in total. The van der Waals surface area contributed by atoms with Gasteiger partial charge in [0.2, 0.25) is 0 Å². The van der Waals surface area contributed by atoms with Crippen LogP contribution in [-0.2, 0) is 4.74 Å². The number of aliphatic imine (C=N–C) groups is 1. The molecule has 0 unspecified atom stereocenters. The predicted octanol–water partition coefficient (Wildman–Crippen LogP) is 3.11. The van der Waals surface area contributed by atoms with Gasteiger partial charge in [0.05, 0.1) is 6.61 Å². The van der Waals surface area contributed by atoms with E-state index in [1.54, 1.807) is 12.1 Å². The molecule has 4 heteroatoms. The number of hydrogen-bond acceptors (Lipinski definition) is 2. The molecule has 0 fully saturated rings. The Bertz CT molecular complexity index is 388. The summed E-state index contributed by atoms with van der Waals surface area (Å²) >= 11 is 0. The summed E-state index contributed by atoms with van der Waals surface area (Å²) in [5.74, 6) is 0.189. The summed E-state index contributed by atoms with van der Waals surface area (Å²) in [5, 5.41) is 0. The fraction of sp³-hybridized carbons (Fsp3) is 0.429. The molecule has 0 saturated carbocycles. The highest BCUT2D eigenvalue weighted by Gasteiger charge is 2.03. The number of hydrogen-bond donors (Lipinski definition) is 1. The second-order valence-corrected chi connectivity index (χ2v) is 4.04. The van der Waals surface area contributed by atoms with Crippen LogP contribution in [0.15, 0.2) is 35.3 Å². The highest BCUT2D eigenvalue weighted by atomic mass is 16.5. The number of nitrogens with zero attached hydrogens (tertiary/aromatic N) is 1. The first-order valence-electron chi connectivity index (χ1n) is 6.30. The molecule has 2 N–H and O–H groups in total. The van der Waals surface area contributed by atoms with Crippen LogP contribution in [0.1, 0.15) is 38.2 Å². The number of amidine groups is 1. The summed E-state index contributed by atoms with van der Waals surface area (Å²) in [4.78, 5) is 15.1. The number of amides is 1. The van der Waals surface area contributed by atoms with E-state index >= 15 is 0 Å². The minimum atomic E-state index is -0.618. The topological polar surface area (TPSA) is 64.7 Å². The van der Waals surface area contributed by atoms with E-state index in [0.717, 1.165) is 31.2 Å². The summed E-state index contributed by atoms with van der Waals surface area (Å²) in [6.07, 6.45) is 3.65. The average Bonchev–Trinajstić information content (AvgIpc) is 2.39. The molecule has 0 atom stereocenters. The maximum Gasteiger partial charge on any atom is 0.435 e. The molecule has 0 aliphatic heterocycles. The third-order valence-electron chi connectivity index (χ3n) is 2.50. The summed E-state index contributed by atoms with van der Waals surface area (Å²) in [7, 11) is 0. The Morgan fingerprint density at radius 3 is 2.61 bits per heavy atom. The van der Waals surface area contributed by atoms with Gasteiger partial charge in [-0.1, -0.05) is 56.5 Å². The smallest absolute Gasteiger partial charge is 0.435 e. The number of benzene rings is 1. The van der Waals surface area contributed by atoms with Gasteiger partial charge < -0.3 is 10.5 Å². The number of carbonyl (C=O) groups excluding carboxylic acids is 1. The summed E-state index contributed by atoms with van der Waals surface area (Å²) in [6.45, 7) is 2.54. The van der Waals surface area contributed by atoms with Crippen LogP contribution in [-0.4, -0.2) is 18.5 Å². The average molecular weight is 248 g/mol. The number of rotatable bonds is 6. The lowest BCUT2D eigenvalue weighted by Crippen LogP contribution is -2.16. The van der Waals surface area contributed by atoms with Crippen LogP contribution < -0.4 is 5.73 Å². The maximum absolute atomic E-state index is 11.4. The normalized spacial score (nSPS) is 11.3. The third kappa shape index (κ3) is 5.48. The van der Waals surface area contributed by atoms with Crippen LogP contribution in [0.4, 0.5) is 4.79 Å². The second kappa shape index (κ2) is 8.28. The van der Waals surface area contributed by atoms with Gasteiger partial charge in [-0.25, -0.2) is 4.79 Å². The van der Waals surface area contributed by atoms with Crippen molar-refractivity contribution in [3.8, 4) is 0 Å². The van der Waals surface area contributed by atoms with Crippen molar-refractivity contribution in [1.29, 1.82) is 0 Å². The van der Waals surface area contributed by atoms with Gasteiger partial charge in [0.15, 0.2) is 0 Å². The van der Waals surface area contributed by atoms with Crippen molar-refractivity contribution in [1.82, 2.24) is 0 Å². The monoisotopic (exact) mass is 248 g/mol. The first-order valence-corrected chi connectivity index (χ1v) is 6.30. The van der Waals surface area contributed by atoms with Crippen LogP contribution in [0, 0.1) is 0 Å². The van der Waals surface area contributed by atoms with E-state index < -0.39 is 6.09 Å². The molecule has 1 aromatic carbocycles. The minimum Gasteiger partial charge on any atom is -0.448 e. The van der Waals surface area contributed by atoms with Gasteiger partial charge in [-0.3, -0.25) is 0 Å². The molecule has 1 rings (SSSR count). The van der Waals surface area contributed by atoms with Crippen molar-refractivity contribution in [3.63, 3.8) is 0 Å². The highest BCUT2D eigenvalue weighted by Crippen LogP contribution is 2.01. The van der Waals surface area contributed by atoms with Crippen molar-refractivity contribution < 1.29 is 9.53 Å². The Kier molecular flexibility index (Phi) is 6.54. The van der Waals surface area contributed by atoms with Crippen molar-refractivity contribution >= 4 is 11.9 Å². The Morgan fingerprint density at radius 2 is 1.94 bits per heavy atom. The van der Waals surface area contributed by atoms with Crippen LogP contribution in [0.3, 0.4) is 0 Å². The number of nitrogens with two attached hydrogens (primary N) is 1. The van der Waals surface area contributed by atoms with E-state index in [9.17, 15) is 4.79 Å². The van der Waals surface area contributed by atoms with E-state index in [2.05, 4.69) is 11.9 Å². The third-order valence-corrected chi connectivity index (χ3v) is 2.50. The molecule has 0 spiro atoms. The molecule has 0 aliphatic rings. The van der Waals surface area contributed by atoms with Crippen molar-refractivity contribution in [2.24, 2.45) is 10.7 Å². The fourth-order valence-corrected chi connectivity index (χ4v) is 1.49. The molecule has 1 amide bonds. The molecular weight excluding hydrogens is 228 g/mol. The molecular formula is C14H20N2O2. The van der Waals surface area contributed by atoms with Crippen LogP contribution in [0.25, 0.3) is 0 Å². The van der Waals surface area contributed by atoms with Gasteiger partial charge in [0.1, 0.15) is 5.84 Å². The zero-order valence-corrected chi connectivity index (χ0v) is 10.8. The SMILES string of the molecule is CCCCCCOC(=O)N=C(N)c1ccccc1. The van der Waals surface area contributed by atoms with Crippen molar-refractivity contribution in [2.75, 3.05) is 6.61 Å². The van der Waals surface area contributed by atoms with Gasteiger partial charge in [-0.2, -0.15) is 4.99 Å². The summed E-state index contributed by atoms with van der Waals surface area (Å²) in [6, 6.07) is 9.16. The molecule has 0 radical (unpaired) electrons. The lowest BCUT2D eigenvalue weighted by atomic mass is 10.2. The van der Waals surface area contributed by atoms with Gasteiger partial charge in [-0.15, -0.1) is 0 Å². The fourth-order valence-electron chi connectivity index (χ4n) is 1.49. The Labute approximate surface area is 108 Å². The Balaban J connectivity index is 2.34. The molecule has 18 heavy (non-hydrogen) atoms. The zero-order chi connectivity index (χ0) is 13.2. The Morgan fingerprint density at radius 1 is 1.22 bits per heavy atom. The predicted molar refractivity (Wildman–Crippen MR) is 72.7 cm³/mol. The van der Waals surface area contributed by atoms with Crippen molar-refractivity contribution in [3.05, 3.63) is 35.9 Å². The number of ether oxygens (including phenoxy) is 1. The van der Waals surface area contributed by atoms with E-state index in [1.165, 1.54) is 0 Å². The van der Waals surface area contributed by atoms with Gasteiger partial charge in [0.25, 0.3) is 0 Å². The van der Waals surface area contributed by atoms with E-state index in [-0.39, 0.29) is 5.84 Å². The van der Waals surface area contributed by atoms with E-state index in [0.29, 0.717) is 6.61 Å². The number of unbranched alkanes of at least 4 members (excludes halogenated alkanes) is 3. The number of carbonyl (C=O) groups is 1. The molecule has 0 bridgehead atoms. The molecule has 1 aromatic rings. The largest absolute Gasteiger partial charge is 0.448 e. The maximum atomic E-state index is 11.4. The van der Waals surface area contributed by atoms with Gasteiger partial charge in [0, 0.05) is 5.56 Å². The molecule has 0 aliphatic carbocycles. The standard InChI is InChI=1S/C14H20N2O2/c1-2-3-4-8-11-18-14(17)16-13(15)12-9-6-5-7-10-12/h5-7,9-10H,2-4,8,11H2,1H3,(H2,15,16,17). The van der Waals surface area contributed by atoms with Crippen LogP contribution >= 0.6 is 0 Å². The van der Waals surface area contributed by atoms with E-state index in [4.69, 9.17) is 10.5 Å². The molecule has 0 heterocycles. The summed E-state index contributed by atoms with van der Waals surface area (Å²) in [5.41, 5.74) is 6.42. The van der Waals surface area contributed by atoms with Gasteiger partial charge >= 0.3 is 6.09 Å². The van der Waals surface area contributed by atoms with Crippen molar-refractivity contribution in [2.45, 2.75) is 32.6 Å². The minimum absolute atomic E-state index is 0.189. The summed E-state index contributed by atoms with van der Waals surface area (Å²) < 4.78 is 4.97. The zero-order valence-electron chi connectivity index (χ0n) is 10.8. The first-order chi connectivity index (χ1) is 8.74. The molecule has 0 aromatic heterocycles.